The van der Waals surface area contributed by atoms with Gasteiger partial charge in [0.05, 0.1) is 0 Å². The molecule has 0 spiro atoms. The minimum atomic E-state index is 0.659. The minimum absolute atomic E-state index is 0.659. The lowest BCUT2D eigenvalue weighted by atomic mass is 9.92. The van der Waals surface area contributed by atoms with Gasteiger partial charge in [-0.05, 0) is 106 Å². The molecule has 4 aromatic heterocycles. The fourth-order valence-electron chi connectivity index (χ4n) is 15.8. The number of hydrogen-bond acceptors (Lipinski definition) is 12. The van der Waals surface area contributed by atoms with Crippen molar-refractivity contribution in [3.63, 3.8) is 0 Å². The summed E-state index contributed by atoms with van der Waals surface area (Å²) < 4.78 is 0. The first-order chi connectivity index (χ1) is 64.1. The third-order valence-electron chi connectivity index (χ3n) is 22.5. The van der Waals surface area contributed by atoms with Crippen LogP contribution in [0, 0.1) is 27.7 Å². The SMILES string of the molecule is Cc1c(-c2ccccc2)cccc1-c1nc(-c2ccccc2)nc(-c2ccccc2)n1.Cc1cccc(-c2nc(-c3ccccc3)nc(-c3ccccc3)n2)c1-c1ccccc1.Cc1ccccc1-c1ccccc1-c1ccc(-c2nc(-c3ccccc3)nc(-c3ccccc3)n2)cc1.Cc1ccccc1-c1ccccc1-c1nc(-c2ccccc2)nc(-c2ccccc2)n1. The van der Waals surface area contributed by atoms with Crippen LogP contribution in [0.1, 0.15) is 22.3 Å². The highest BCUT2D eigenvalue weighted by molar-refractivity contribution is 5.88. The third kappa shape index (κ3) is 19.6. The lowest BCUT2D eigenvalue weighted by molar-refractivity contribution is 1.07. The van der Waals surface area contributed by atoms with E-state index in [0.29, 0.717) is 69.9 Å². The van der Waals surface area contributed by atoms with Gasteiger partial charge in [-0.3, -0.25) is 0 Å². The molecule has 0 radical (unpaired) electrons. The molecule has 21 aromatic rings. The Bertz CT molecular complexity index is 7160. The Balaban J connectivity index is 0.000000117. The quantitative estimate of drug-likeness (QED) is 0.0852. The van der Waals surface area contributed by atoms with Crippen molar-refractivity contribution < 1.29 is 0 Å². The summed E-state index contributed by atoms with van der Waals surface area (Å²) in [7, 11) is 0. The van der Waals surface area contributed by atoms with Gasteiger partial charge in [0.25, 0.3) is 0 Å². The predicted molar refractivity (Wildman–Crippen MR) is 531 cm³/mol. The molecule has 0 saturated carbocycles. The number of rotatable bonds is 17. The molecule has 4 heterocycles. The zero-order chi connectivity index (χ0) is 88.2. The molecule has 0 unspecified atom stereocenters. The zero-order valence-corrected chi connectivity index (χ0v) is 72.2. The van der Waals surface area contributed by atoms with Crippen molar-refractivity contribution in [3.05, 3.63) is 483 Å². The van der Waals surface area contributed by atoms with Gasteiger partial charge >= 0.3 is 0 Å². The second kappa shape index (κ2) is 40.2. The third-order valence-corrected chi connectivity index (χ3v) is 22.5. The molecule has 12 nitrogen and oxygen atoms in total. The standard InChI is InChI=1S/C34H25N3.3C28H21N3/c1-24-12-8-9-17-29(24)31-19-11-10-18-30(31)25-20-22-28(23-21-25)34-36-32(26-13-4-2-5-14-26)35-33(37-34)27-15-6-3-7-16-27;1-20-12-11-19-24(25(20)21-13-5-2-6-14-21)28-30-26(22-15-7-3-8-16-22)29-27(31-28)23-17-9-4-10-18-23;1-20-24(21-12-5-2-6-13-21)18-11-19-25(20)28-30-26(22-14-7-3-8-15-22)29-27(31-28)23-16-9-4-10-17-23;1-20-12-8-9-17-23(20)24-18-10-11-19-25(24)28-30-26(21-13-4-2-5-14-21)29-27(31-28)22-15-6-3-7-16-22/h2-23H,1H3;3*2-19H,1H3. The summed E-state index contributed by atoms with van der Waals surface area (Å²) in [5.41, 5.74) is 28.3. The molecule has 620 valence electrons. The molecule has 17 aromatic carbocycles. The smallest absolute Gasteiger partial charge is 0.164 e. The van der Waals surface area contributed by atoms with Gasteiger partial charge in [0.15, 0.2) is 69.9 Å². The topological polar surface area (TPSA) is 155 Å². The van der Waals surface area contributed by atoms with Crippen LogP contribution in [-0.4, -0.2) is 59.8 Å². The Morgan fingerprint density at radius 1 is 0.108 bits per heavy atom. The van der Waals surface area contributed by atoms with Gasteiger partial charge in [-0.15, -0.1) is 0 Å². The highest BCUT2D eigenvalue weighted by Crippen LogP contribution is 2.40. The average Bonchev–Trinajstić information content (AvgIpc) is 0.796. The minimum Gasteiger partial charge on any atom is -0.208 e. The van der Waals surface area contributed by atoms with E-state index >= 15 is 0 Å². The van der Waals surface area contributed by atoms with E-state index in [0.717, 1.165) is 94.6 Å². The van der Waals surface area contributed by atoms with Crippen LogP contribution in [-0.2, 0) is 0 Å². The summed E-state index contributed by atoms with van der Waals surface area (Å²) in [5.74, 6) is 8.05. The van der Waals surface area contributed by atoms with E-state index < -0.39 is 0 Å². The molecule has 0 fully saturated rings. The Morgan fingerprint density at radius 3 is 0.615 bits per heavy atom. The van der Waals surface area contributed by atoms with Crippen molar-refractivity contribution >= 4 is 0 Å². The number of aryl methyl sites for hydroxylation is 3. The molecule has 21 rings (SSSR count). The van der Waals surface area contributed by atoms with Crippen LogP contribution in [0.4, 0.5) is 0 Å². The average molecular weight is 1670 g/mol. The molecule has 0 atom stereocenters. The van der Waals surface area contributed by atoms with Crippen molar-refractivity contribution in [1.82, 2.24) is 59.8 Å². The Hall–Kier alpha value is -17.2. The fraction of sp³-hybridized carbons (Fsp3) is 0.0339. The molecule has 0 bridgehead atoms. The summed E-state index contributed by atoms with van der Waals surface area (Å²) in [6.07, 6.45) is 0. The monoisotopic (exact) mass is 1670 g/mol. The number of benzene rings is 17. The van der Waals surface area contributed by atoms with Gasteiger partial charge < -0.3 is 0 Å². The van der Waals surface area contributed by atoms with Crippen LogP contribution < -0.4 is 0 Å². The Morgan fingerprint density at radius 2 is 0.292 bits per heavy atom. The molecule has 0 saturated heterocycles. The molecular formula is C118H88N12. The van der Waals surface area contributed by atoms with Crippen LogP contribution in [0.5, 0.6) is 0 Å². The van der Waals surface area contributed by atoms with Crippen LogP contribution in [0.3, 0.4) is 0 Å². The molecule has 130 heavy (non-hydrogen) atoms. The van der Waals surface area contributed by atoms with E-state index in [-0.39, 0.29) is 0 Å². The highest BCUT2D eigenvalue weighted by atomic mass is 15.1. The second-order valence-corrected chi connectivity index (χ2v) is 31.2. The molecule has 12 heteroatoms. The number of nitrogens with zero attached hydrogens (tertiary/aromatic N) is 12. The summed E-state index contributed by atoms with van der Waals surface area (Å²) >= 11 is 0. The van der Waals surface area contributed by atoms with Crippen molar-refractivity contribution in [2.24, 2.45) is 0 Å². The summed E-state index contributed by atoms with van der Waals surface area (Å²) in [6.45, 7) is 8.55. The van der Waals surface area contributed by atoms with Gasteiger partial charge in [-0.1, -0.05) is 461 Å². The number of aromatic nitrogens is 12. The van der Waals surface area contributed by atoms with E-state index in [9.17, 15) is 0 Å². The van der Waals surface area contributed by atoms with Gasteiger partial charge in [-0.2, -0.15) is 0 Å². The van der Waals surface area contributed by atoms with Crippen LogP contribution in [0.15, 0.2) is 461 Å². The van der Waals surface area contributed by atoms with Gasteiger partial charge in [0, 0.05) is 66.8 Å². The van der Waals surface area contributed by atoms with E-state index in [1.54, 1.807) is 0 Å². The van der Waals surface area contributed by atoms with E-state index in [4.69, 9.17) is 59.8 Å². The van der Waals surface area contributed by atoms with Crippen LogP contribution in [0.25, 0.3) is 192 Å². The van der Waals surface area contributed by atoms with Gasteiger partial charge in [0.2, 0.25) is 0 Å². The van der Waals surface area contributed by atoms with Crippen molar-refractivity contribution in [2.75, 3.05) is 0 Å². The lowest BCUT2D eigenvalue weighted by Crippen LogP contribution is -2.01. The Labute approximate surface area is 758 Å². The maximum atomic E-state index is 4.90. The summed E-state index contributed by atoms with van der Waals surface area (Å²) in [5, 5.41) is 0. The molecule has 0 aliphatic carbocycles. The largest absolute Gasteiger partial charge is 0.208 e. The highest BCUT2D eigenvalue weighted by Gasteiger charge is 2.22. The molecule has 0 aliphatic heterocycles. The maximum absolute atomic E-state index is 4.90. The van der Waals surface area contributed by atoms with Crippen molar-refractivity contribution in [1.29, 1.82) is 0 Å². The summed E-state index contributed by atoms with van der Waals surface area (Å²) in [4.78, 5) is 58.2. The molecule has 0 aliphatic rings. The van der Waals surface area contributed by atoms with E-state index in [2.05, 4.69) is 228 Å². The maximum Gasteiger partial charge on any atom is 0.164 e. The molecular weight excluding hydrogens is 1590 g/mol. The normalized spacial score (nSPS) is 10.8. The Kier molecular flexibility index (Phi) is 25.9. The second-order valence-electron chi connectivity index (χ2n) is 31.2. The first-order valence-corrected chi connectivity index (χ1v) is 43.3. The van der Waals surface area contributed by atoms with Crippen molar-refractivity contribution in [2.45, 2.75) is 27.7 Å². The molecule has 0 N–H and O–H groups in total. The number of hydrogen-bond donors (Lipinski definition) is 0. The lowest BCUT2D eigenvalue weighted by Gasteiger charge is -2.14. The van der Waals surface area contributed by atoms with Crippen LogP contribution >= 0.6 is 0 Å². The van der Waals surface area contributed by atoms with Gasteiger partial charge in [-0.25, -0.2) is 59.8 Å². The fourth-order valence-corrected chi connectivity index (χ4v) is 15.8. The molecule has 0 amide bonds. The van der Waals surface area contributed by atoms with E-state index in [1.807, 2.05) is 261 Å². The first kappa shape index (κ1) is 83.7. The zero-order valence-electron chi connectivity index (χ0n) is 72.2. The van der Waals surface area contributed by atoms with E-state index in [1.165, 1.54) is 50.1 Å². The van der Waals surface area contributed by atoms with Crippen molar-refractivity contribution in [3.8, 4) is 192 Å². The first-order valence-electron chi connectivity index (χ1n) is 43.3. The van der Waals surface area contributed by atoms with Gasteiger partial charge in [0.1, 0.15) is 0 Å². The van der Waals surface area contributed by atoms with Crippen LogP contribution in [0.2, 0.25) is 0 Å². The predicted octanol–water partition coefficient (Wildman–Crippen LogP) is 29.1. The summed E-state index contributed by atoms with van der Waals surface area (Å²) in [6, 6.07) is 156.